The minimum absolute atomic E-state index is 0.152. The fourth-order valence-electron chi connectivity index (χ4n) is 3.07. The topological polar surface area (TPSA) is 94.0 Å². The molecule has 0 radical (unpaired) electrons. The van der Waals surface area contributed by atoms with Crippen LogP contribution in [0.2, 0.25) is 0 Å². The maximum Gasteiger partial charge on any atom is 0.416 e. The first kappa shape index (κ1) is 25.8. The van der Waals surface area contributed by atoms with Crippen molar-refractivity contribution in [2.45, 2.75) is 38.1 Å². The van der Waals surface area contributed by atoms with Gasteiger partial charge in [0.15, 0.2) is 10.8 Å². The van der Waals surface area contributed by atoms with Gasteiger partial charge >= 0.3 is 6.18 Å². The number of carbonyl (C=O) groups is 1. The Hall–Kier alpha value is -2.86. The lowest BCUT2D eigenvalue weighted by molar-refractivity contribution is -0.137. The number of hydrogen-bond acceptors (Lipinski definition) is 7. The van der Waals surface area contributed by atoms with Crippen molar-refractivity contribution in [2.24, 2.45) is 0 Å². The fraction of sp³-hybridized carbons (Fsp3) is 0.455. The number of rotatable bonds is 12. The molecule has 0 aliphatic heterocycles. The number of nitrogens with zero attached hydrogens (tertiary/aromatic N) is 4. The first-order chi connectivity index (χ1) is 16.3. The molecule has 2 N–H and O–H groups in total. The molecule has 0 fully saturated rings. The minimum Gasteiger partial charge on any atom is -0.380 e. The van der Waals surface area contributed by atoms with Gasteiger partial charge in [0.2, 0.25) is 0 Å². The molecular weight excluding hydrogens is 469 g/mol. The number of thioether (sulfide) groups is 1. The molecule has 0 aliphatic rings. The number of amides is 1. The van der Waals surface area contributed by atoms with Crippen molar-refractivity contribution in [1.29, 1.82) is 0 Å². The van der Waals surface area contributed by atoms with Crippen molar-refractivity contribution >= 4 is 34.5 Å². The third-order valence-corrected chi connectivity index (χ3v) is 5.79. The number of alkyl halides is 3. The molecule has 184 valence electrons. The Morgan fingerprint density at radius 3 is 2.59 bits per heavy atom. The van der Waals surface area contributed by atoms with Crippen LogP contribution in [0.1, 0.15) is 36.2 Å². The van der Waals surface area contributed by atoms with Crippen molar-refractivity contribution in [1.82, 2.24) is 25.1 Å². The molecular formula is C22H27F3N6O2S. The highest BCUT2D eigenvalue weighted by molar-refractivity contribution is 7.99. The van der Waals surface area contributed by atoms with E-state index in [9.17, 15) is 18.0 Å². The molecule has 0 saturated carbocycles. The Morgan fingerprint density at radius 2 is 1.91 bits per heavy atom. The van der Waals surface area contributed by atoms with Crippen LogP contribution in [-0.2, 0) is 17.5 Å². The number of hydrogen-bond donors (Lipinski definition) is 2. The normalized spacial score (nSPS) is 11.7. The molecule has 1 aromatic carbocycles. The third kappa shape index (κ3) is 6.83. The van der Waals surface area contributed by atoms with Gasteiger partial charge in [0, 0.05) is 31.0 Å². The summed E-state index contributed by atoms with van der Waals surface area (Å²) in [6.07, 6.45) is -1.79. The number of ether oxygens (including phenoxy) is 1. The Kier molecular flexibility index (Phi) is 9.11. The van der Waals surface area contributed by atoms with Gasteiger partial charge in [0.25, 0.3) is 5.91 Å². The van der Waals surface area contributed by atoms with Gasteiger partial charge in [-0.3, -0.25) is 4.79 Å². The predicted molar refractivity (Wildman–Crippen MR) is 125 cm³/mol. The lowest BCUT2D eigenvalue weighted by Gasteiger charge is -2.10. The Labute approximate surface area is 199 Å². The summed E-state index contributed by atoms with van der Waals surface area (Å²) in [4.78, 5) is 21.6. The van der Waals surface area contributed by atoms with E-state index < -0.39 is 17.6 Å². The number of nitrogens with one attached hydrogen (secondary N) is 2. The van der Waals surface area contributed by atoms with Crippen LogP contribution in [0.25, 0.3) is 11.0 Å². The van der Waals surface area contributed by atoms with Crippen LogP contribution >= 0.6 is 11.8 Å². The van der Waals surface area contributed by atoms with Gasteiger partial charge in [-0.05, 0) is 37.6 Å². The number of aromatic nitrogens is 4. The van der Waals surface area contributed by atoms with Gasteiger partial charge in [0.1, 0.15) is 5.82 Å². The number of anilines is 1. The van der Waals surface area contributed by atoms with Gasteiger partial charge in [-0.15, -0.1) is 0 Å². The number of benzene rings is 1. The Morgan fingerprint density at radius 1 is 1.15 bits per heavy atom. The maximum atomic E-state index is 12.7. The van der Waals surface area contributed by atoms with Crippen molar-refractivity contribution in [3.05, 3.63) is 41.6 Å². The molecule has 1 amide bonds. The number of carbonyl (C=O) groups excluding carboxylic acids is 1. The SMILES string of the molecule is CCCSc1nc(NCCOCC)c2cnn(CCNC(=O)c3ccc(C(F)(F)F)cc3)c2n1. The highest BCUT2D eigenvalue weighted by Crippen LogP contribution is 2.29. The second-order valence-electron chi connectivity index (χ2n) is 7.26. The molecule has 3 rings (SSSR count). The van der Waals surface area contributed by atoms with E-state index in [1.165, 1.54) is 0 Å². The minimum atomic E-state index is -4.44. The summed E-state index contributed by atoms with van der Waals surface area (Å²) in [5.74, 6) is 1.09. The van der Waals surface area contributed by atoms with E-state index in [0.29, 0.717) is 42.9 Å². The fourth-order valence-corrected chi connectivity index (χ4v) is 3.76. The molecule has 8 nitrogen and oxygen atoms in total. The molecule has 2 aromatic heterocycles. The quantitative estimate of drug-likeness (QED) is 0.220. The highest BCUT2D eigenvalue weighted by Gasteiger charge is 2.30. The van der Waals surface area contributed by atoms with E-state index in [-0.39, 0.29) is 12.1 Å². The van der Waals surface area contributed by atoms with Crippen molar-refractivity contribution in [3.63, 3.8) is 0 Å². The van der Waals surface area contributed by atoms with E-state index >= 15 is 0 Å². The predicted octanol–water partition coefficient (Wildman–Crippen LogP) is 4.23. The van der Waals surface area contributed by atoms with Crippen LogP contribution in [0.15, 0.2) is 35.6 Å². The lowest BCUT2D eigenvalue weighted by atomic mass is 10.1. The summed E-state index contributed by atoms with van der Waals surface area (Å²) in [7, 11) is 0. The second-order valence-corrected chi connectivity index (χ2v) is 8.33. The first-order valence-corrected chi connectivity index (χ1v) is 12.0. The summed E-state index contributed by atoms with van der Waals surface area (Å²) in [5, 5.41) is 11.8. The summed E-state index contributed by atoms with van der Waals surface area (Å²) in [5.41, 5.74) is -0.00913. The smallest absolute Gasteiger partial charge is 0.380 e. The second kappa shape index (κ2) is 12.0. The first-order valence-electron chi connectivity index (χ1n) is 11.0. The van der Waals surface area contributed by atoms with E-state index in [1.807, 2.05) is 6.92 Å². The maximum absolute atomic E-state index is 12.7. The summed E-state index contributed by atoms with van der Waals surface area (Å²) < 4.78 is 45.2. The van der Waals surface area contributed by atoms with Crippen LogP contribution in [0.4, 0.5) is 19.0 Å². The number of halogens is 3. The van der Waals surface area contributed by atoms with Gasteiger partial charge in [-0.2, -0.15) is 18.3 Å². The van der Waals surface area contributed by atoms with Crippen LogP contribution in [0.5, 0.6) is 0 Å². The highest BCUT2D eigenvalue weighted by atomic mass is 32.2. The zero-order chi connectivity index (χ0) is 24.6. The molecule has 0 aliphatic carbocycles. The van der Waals surface area contributed by atoms with Crippen molar-refractivity contribution in [2.75, 3.05) is 37.4 Å². The van der Waals surface area contributed by atoms with Crippen LogP contribution in [0.3, 0.4) is 0 Å². The Balaban J connectivity index is 1.68. The summed E-state index contributed by atoms with van der Waals surface area (Å²) in [6.45, 7) is 6.35. The summed E-state index contributed by atoms with van der Waals surface area (Å²) >= 11 is 1.55. The van der Waals surface area contributed by atoms with Crippen LogP contribution < -0.4 is 10.6 Å². The zero-order valence-corrected chi connectivity index (χ0v) is 19.8. The molecule has 12 heteroatoms. The van der Waals surface area contributed by atoms with Gasteiger partial charge < -0.3 is 15.4 Å². The molecule has 34 heavy (non-hydrogen) atoms. The molecule has 0 atom stereocenters. The molecule has 2 heterocycles. The zero-order valence-electron chi connectivity index (χ0n) is 19.0. The van der Waals surface area contributed by atoms with E-state index in [0.717, 1.165) is 41.8 Å². The molecule has 0 bridgehead atoms. The van der Waals surface area contributed by atoms with E-state index in [2.05, 4.69) is 32.6 Å². The monoisotopic (exact) mass is 496 g/mol. The van der Waals surface area contributed by atoms with Gasteiger partial charge in [-0.25, -0.2) is 14.6 Å². The largest absolute Gasteiger partial charge is 0.416 e. The van der Waals surface area contributed by atoms with Gasteiger partial charge in [-0.1, -0.05) is 18.7 Å². The average Bonchev–Trinajstić information content (AvgIpc) is 3.23. The molecule has 0 spiro atoms. The lowest BCUT2D eigenvalue weighted by Crippen LogP contribution is -2.27. The van der Waals surface area contributed by atoms with Gasteiger partial charge in [0.05, 0.1) is 30.3 Å². The summed E-state index contributed by atoms with van der Waals surface area (Å²) in [6, 6.07) is 4.10. The molecule has 0 saturated heterocycles. The standard InChI is InChI=1S/C22H27F3N6O2S/c1-3-13-34-21-29-18(26-10-12-33-4-2)17-14-28-31(19(17)30-21)11-9-27-20(32)15-5-7-16(8-6-15)22(23,24)25/h5-8,14H,3-4,9-13H2,1-2H3,(H,27,32)(H,26,29,30). The molecule has 0 unspecified atom stereocenters. The van der Waals surface area contributed by atoms with Crippen molar-refractivity contribution in [3.8, 4) is 0 Å². The molecule has 3 aromatic rings. The van der Waals surface area contributed by atoms with Crippen LogP contribution in [0, 0.1) is 0 Å². The Bertz CT molecular complexity index is 1090. The number of fused-ring (bicyclic) bond motifs is 1. The van der Waals surface area contributed by atoms with Crippen molar-refractivity contribution < 1.29 is 22.7 Å². The third-order valence-electron chi connectivity index (χ3n) is 4.74. The average molecular weight is 497 g/mol. The van der Waals surface area contributed by atoms with E-state index in [4.69, 9.17) is 4.74 Å². The van der Waals surface area contributed by atoms with Crippen LogP contribution in [-0.4, -0.2) is 57.7 Å². The van der Waals surface area contributed by atoms with E-state index in [1.54, 1.807) is 22.6 Å².